The van der Waals surface area contributed by atoms with Crippen molar-refractivity contribution in [1.82, 2.24) is 14.9 Å². The second-order valence-corrected chi connectivity index (χ2v) is 7.94. The van der Waals surface area contributed by atoms with Crippen LogP contribution in [0.1, 0.15) is 27.9 Å². The van der Waals surface area contributed by atoms with E-state index in [1.165, 1.54) is 4.90 Å². The van der Waals surface area contributed by atoms with Crippen LogP contribution in [0.4, 0.5) is 23.5 Å². The summed E-state index contributed by atoms with van der Waals surface area (Å²) in [6.07, 6.45) is -4.35. The van der Waals surface area contributed by atoms with E-state index >= 15 is 0 Å². The van der Waals surface area contributed by atoms with Crippen LogP contribution in [-0.2, 0) is 16.4 Å². The molecule has 1 spiro atoms. The number of hydrogen-bond acceptors (Lipinski definition) is 4. The summed E-state index contributed by atoms with van der Waals surface area (Å²) in [6, 6.07) is 4.97. The van der Waals surface area contributed by atoms with Gasteiger partial charge in [-0.05, 0) is 30.2 Å². The molecule has 1 aliphatic carbocycles. The number of carbonyl (C=O) groups excluding carboxylic acids is 2. The molecule has 152 valence electrons. The highest BCUT2D eigenvalue weighted by atomic mass is 79.9. The Morgan fingerprint density at radius 2 is 1.97 bits per heavy atom. The zero-order chi connectivity index (χ0) is 21.0. The van der Waals surface area contributed by atoms with E-state index < -0.39 is 41.7 Å². The fourth-order valence-electron chi connectivity index (χ4n) is 3.49. The van der Waals surface area contributed by atoms with Crippen LogP contribution >= 0.6 is 15.9 Å². The third-order valence-electron chi connectivity index (χ3n) is 5.06. The van der Waals surface area contributed by atoms with Crippen molar-refractivity contribution in [2.45, 2.75) is 24.2 Å². The summed E-state index contributed by atoms with van der Waals surface area (Å²) in [4.78, 5) is 33.2. The molecule has 1 aliphatic heterocycles. The Bertz CT molecular complexity index is 998. The van der Waals surface area contributed by atoms with Gasteiger partial charge in [-0.25, -0.2) is 14.4 Å². The molecule has 4 rings (SSSR count). The number of benzene rings is 1. The van der Waals surface area contributed by atoms with Gasteiger partial charge in [0, 0.05) is 34.4 Å². The Kier molecular flexibility index (Phi) is 4.60. The van der Waals surface area contributed by atoms with E-state index in [9.17, 15) is 27.2 Å². The minimum Gasteiger partial charge on any atom is -0.328 e. The molecule has 1 N–H and O–H groups in total. The highest BCUT2D eigenvalue weighted by molar-refractivity contribution is 9.10. The number of nitrogens with one attached hydrogen (secondary N) is 1. The number of hydrogen-bond donors (Lipinski definition) is 1. The summed E-state index contributed by atoms with van der Waals surface area (Å²) < 4.78 is 52.6. The molecule has 6 nitrogen and oxygen atoms in total. The van der Waals surface area contributed by atoms with Crippen molar-refractivity contribution in [3.05, 3.63) is 51.8 Å². The van der Waals surface area contributed by atoms with Gasteiger partial charge in [0.2, 0.25) is 11.9 Å². The van der Waals surface area contributed by atoms with E-state index in [1.807, 2.05) is 0 Å². The first-order valence-electron chi connectivity index (χ1n) is 8.53. The van der Waals surface area contributed by atoms with Crippen molar-refractivity contribution in [2.24, 2.45) is 0 Å². The molecule has 2 aliphatic rings. The monoisotopic (exact) mass is 472 g/mol. The van der Waals surface area contributed by atoms with Gasteiger partial charge in [-0.2, -0.15) is 13.2 Å². The average molecular weight is 473 g/mol. The molecule has 1 aromatic heterocycles. The minimum absolute atomic E-state index is 0.0394. The van der Waals surface area contributed by atoms with Crippen LogP contribution in [0.5, 0.6) is 0 Å². The Labute approximate surface area is 170 Å². The molecule has 2 atom stereocenters. The molecule has 0 radical (unpaired) electrons. The molecule has 0 bridgehead atoms. The molecular weight excluding hydrogens is 460 g/mol. The minimum atomic E-state index is -4.59. The molecule has 0 unspecified atom stereocenters. The SMILES string of the molecule is O=C(CN1C[C@]2(C[C@@H]2F)c2cc(Br)ccc2C1=O)Nc1ncc(C(F)(F)F)cn1. The number of anilines is 1. The number of amides is 2. The number of alkyl halides is 4. The number of nitrogens with zero attached hydrogens (tertiary/aromatic N) is 3. The highest BCUT2D eigenvalue weighted by Gasteiger charge is 2.61. The third-order valence-corrected chi connectivity index (χ3v) is 5.55. The average Bonchev–Trinajstić information content (AvgIpc) is 3.29. The van der Waals surface area contributed by atoms with Gasteiger partial charge in [0.05, 0.1) is 5.56 Å². The first kappa shape index (κ1) is 19.7. The molecule has 0 saturated heterocycles. The highest BCUT2D eigenvalue weighted by Crippen LogP contribution is 2.54. The Morgan fingerprint density at radius 1 is 1.31 bits per heavy atom. The van der Waals surface area contributed by atoms with Gasteiger partial charge in [0.1, 0.15) is 12.7 Å². The van der Waals surface area contributed by atoms with Crippen LogP contribution in [0.15, 0.2) is 35.1 Å². The first-order chi connectivity index (χ1) is 13.6. The van der Waals surface area contributed by atoms with Crippen molar-refractivity contribution >= 4 is 33.7 Å². The predicted molar refractivity (Wildman–Crippen MR) is 96.9 cm³/mol. The molecule has 2 amide bonds. The second-order valence-electron chi connectivity index (χ2n) is 7.02. The second kappa shape index (κ2) is 6.75. The molecule has 11 heteroatoms. The molecule has 2 heterocycles. The lowest BCUT2D eigenvalue weighted by molar-refractivity contribution is -0.138. The molecule has 1 fully saturated rings. The lowest BCUT2D eigenvalue weighted by atomic mass is 9.86. The fourth-order valence-corrected chi connectivity index (χ4v) is 3.85. The zero-order valence-electron chi connectivity index (χ0n) is 14.6. The third kappa shape index (κ3) is 3.59. The molecule has 29 heavy (non-hydrogen) atoms. The summed E-state index contributed by atoms with van der Waals surface area (Å²) in [6.45, 7) is -0.356. The lowest BCUT2D eigenvalue weighted by Gasteiger charge is -2.34. The van der Waals surface area contributed by atoms with E-state index in [-0.39, 0.29) is 18.9 Å². The Morgan fingerprint density at radius 3 is 2.55 bits per heavy atom. The number of carbonyl (C=O) groups is 2. The Balaban J connectivity index is 1.49. The standard InChI is InChI=1S/C18H13BrF4N4O2/c19-10-1-2-11-12(3-10)17(4-13(17)20)8-27(15(11)29)7-14(28)26-16-24-5-9(6-25-16)18(21,22)23/h1-3,5-6,13H,4,7-8H2,(H,24,25,26,28)/t13-,17+/m0/s1. The van der Waals surface area contributed by atoms with E-state index in [1.54, 1.807) is 18.2 Å². The summed E-state index contributed by atoms with van der Waals surface area (Å²) in [5, 5.41) is 2.26. The van der Waals surface area contributed by atoms with Gasteiger partial charge in [0.15, 0.2) is 0 Å². The number of rotatable bonds is 3. The quantitative estimate of drug-likeness (QED) is 0.695. The van der Waals surface area contributed by atoms with Gasteiger partial charge in [0.25, 0.3) is 5.91 Å². The first-order valence-corrected chi connectivity index (χ1v) is 9.32. The fraction of sp³-hybridized carbons (Fsp3) is 0.333. The summed E-state index contributed by atoms with van der Waals surface area (Å²) in [7, 11) is 0. The molecule has 1 aromatic carbocycles. The van der Waals surface area contributed by atoms with E-state index in [2.05, 4.69) is 31.2 Å². The summed E-state index contributed by atoms with van der Waals surface area (Å²) in [5.41, 5.74) is -0.933. The van der Waals surface area contributed by atoms with Crippen LogP contribution < -0.4 is 5.32 Å². The molecule has 1 saturated carbocycles. The van der Waals surface area contributed by atoms with E-state index in [4.69, 9.17) is 0 Å². The number of halogens is 5. The van der Waals surface area contributed by atoms with Crippen molar-refractivity contribution in [2.75, 3.05) is 18.4 Å². The van der Waals surface area contributed by atoms with Gasteiger partial charge in [-0.15, -0.1) is 0 Å². The van der Waals surface area contributed by atoms with Crippen LogP contribution in [0.25, 0.3) is 0 Å². The van der Waals surface area contributed by atoms with Crippen LogP contribution in [-0.4, -0.2) is 45.9 Å². The largest absolute Gasteiger partial charge is 0.419 e. The van der Waals surface area contributed by atoms with Crippen molar-refractivity contribution in [3.8, 4) is 0 Å². The Hall–Kier alpha value is -2.56. The smallest absolute Gasteiger partial charge is 0.328 e. The maximum absolute atomic E-state index is 14.2. The summed E-state index contributed by atoms with van der Waals surface area (Å²) in [5.74, 6) is -1.42. The number of aromatic nitrogens is 2. The maximum Gasteiger partial charge on any atom is 0.419 e. The van der Waals surface area contributed by atoms with Crippen molar-refractivity contribution in [1.29, 1.82) is 0 Å². The van der Waals surface area contributed by atoms with Crippen molar-refractivity contribution in [3.63, 3.8) is 0 Å². The van der Waals surface area contributed by atoms with Gasteiger partial charge < -0.3 is 4.90 Å². The van der Waals surface area contributed by atoms with Gasteiger partial charge >= 0.3 is 6.18 Å². The van der Waals surface area contributed by atoms with Gasteiger partial charge in [-0.1, -0.05) is 15.9 Å². The normalized spacial score (nSPS) is 23.1. The number of fused-ring (bicyclic) bond motifs is 2. The van der Waals surface area contributed by atoms with Crippen LogP contribution in [0.3, 0.4) is 0 Å². The zero-order valence-corrected chi connectivity index (χ0v) is 16.2. The predicted octanol–water partition coefficient (Wildman–Crippen LogP) is 3.33. The maximum atomic E-state index is 14.2. The van der Waals surface area contributed by atoms with E-state index in [0.717, 1.165) is 4.47 Å². The topological polar surface area (TPSA) is 75.2 Å². The molecule has 2 aromatic rings. The summed E-state index contributed by atoms with van der Waals surface area (Å²) >= 11 is 3.32. The van der Waals surface area contributed by atoms with Gasteiger partial charge in [-0.3, -0.25) is 14.9 Å². The van der Waals surface area contributed by atoms with Crippen LogP contribution in [0, 0.1) is 0 Å². The van der Waals surface area contributed by atoms with E-state index in [0.29, 0.717) is 23.5 Å². The molecular formula is C18H13BrF4N4O2. The lowest BCUT2D eigenvalue weighted by Crippen LogP contribution is -2.47. The van der Waals surface area contributed by atoms with Crippen LogP contribution in [0.2, 0.25) is 0 Å². The van der Waals surface area contributed by atoms with Crippen molar-refractivity contribution < 1.29 is 27.2 Å².